The fourth-order valence-corrected chi connectivity index (χ4v) is 3.64. The molecule has 8 heteroatoms. The number of nitrogens with one attached hydrogen (secondary N) is 1. The zero-order chi connectivity index (χ0) is 13.8. The average molecular weight is 316 g/mol. The summed E-state index contributed by atoms with van der Waals surface area (Å²) in [6, 6.07) is 0. The molecule has 0 atom stereocenters. The van der Waals surface area contributed by atoms with Gasteiger partial charge in [0.1, 0.15) is 5.15 Å². The number of nitrogens with zero attached hydrogens (tertiary/aromatic N) is 4. The summed E-state index contributed by atoms with van der Waals surface area (Å²) in [5.41, 5.74) is 2.00. The summed E-state index contributed by atoms with van der Waals surface area (Å²) in [7, 11) is 1.84. The Labute approximate surface area is 125 Å². The van der Waals surface area contributed by atoms with Crippen LogP contribution in [-0.2, 0) is 12.8 Å². The van der Waals surface area contributed by atoms with Gasteiger partial charge in [-0.25, -0.2) is 0 Å². The fourth-order valence-electron chi connectivity index (χ4n) is 1.47. The highest BCUT2D eigenvalue weighted by atomic mass is 35.5. The van der Waals surface area contributed by atoms with Gasteiger partial charge in [0.15, 0.2) is 4.34 Å². The number of rotatable bonds is 6. The molecular weight excluding hydrogens is 302 g/mol. The van der Waals surface area contributed by atoms with E-state index in [2.05, 4.69) is 27.2 Å². The Balaban J connectivity index is 1.98. The van der Waals surface area contributed by atoms with Crippen molar-refractivity contribution in [1.29, 1.82) is 0 Å². The Kier molecular flexibility index (Phi) is 4.84. The van der Waals surface area contributed by atoms with E-state index < -0.39 is 0 Å². The van der Waals surface area contributed by atoms with Crippen LogP contribution in [0.4, 0.5) is 5.13 Å². The van der Waals surface area contributed by atoms with Gasteiger partial charge in [-0.15, -0.1) is 16.8 Å². The van der Waals surface area contributed by atoms with Gasteiger partial charge in [0, 0.05) is 24.9 Å². The van der Waals surface area contributed by atoms with Crippen LogP contribution in [0.5, 0.6) is 0 Å². The number of halogens is 1. The largest absolute Gasteiger partial charge is 0.357 e. The number of aryl methyl sites for hydroxylation is 2. The molecule has 0 bridgehead atoms. The Morgan fingerprint density at radius 1 is 1.53 bits per heavy atom. The lowest BCUT2D eigenvalue weighted by Crippen LogP contribution is -1.96. The minimum Gasteiger partial charge on any atom is -0.357 e. The maximum Gasteiger partial charge on any atom is 0.206 e. The van der Waals surface area contributed by atoms with Crippen LogP contribution in [0, 0.1) is 6.92 Å². The SMILES string of the molecule is C=CCNc1nnc(SCc2c(C)nn(C)c2Cl)s1. The molecule has 0 fully saturated rings. The summed E-state index contributed by atoms with van der Waals surface area (Å²) in [4.78, 5) is 0. The van der Waals surface area contributed by atoms with Crippen molar-refractivity contribution in [3.8, 4) is 0 Å². The molecule has 0 radical (unpaired) electrons. The second-order valence-corrected chi connectivity index (χ2v) is 6.37. The van der Waals surface area contributed by atoms with E-state index in [1.807, 2.05) is 14.0 Å². The molecule has 0 aliphatic rings. The maximum absolute atomic E-state index is 6.19. The van der Waals surface area contributed by atoms with E-state index in [-0.39, 0.29) is 0 Å². The first kappa shape index (κ1) is 14.4. The molecule has 102 valence electrons. The van der Waals surface area contributed by atoms with Crippen molar-refractivity contribution >= 4 is 39.8 Å². The molecule has 19 heavy (non-hydrogen) atoms. The number of hydrogen-bond donors (Lipinski definition) is 1. The highest BCUT2D eigenvalue weighted by molar-refractivity contribution is 8.00. The van der Waals surface area contributed by atoms with Crippen LogP contribution in [0.2, 0.25) is 5.15 Å². The van der Waals surface area contributed by atoms with Crippen molar-refractivity contribution in [2.45, 2.75) is 17.0 Å². The fraction of sp³-hybridized carbons (Fsp3) is 0.364. The lowest BCUT2D eigenvalue weighted by Gasteiger charge is -1.97. The predicted molar refractivity (Wildman–Crippen MR) is 81.1 cm³/mol. The Morgan fingerprint density at radius 2 is 2.32 bits per heavy atom. The Bertz CT molecular complexity index is 578. The first-order valence-corrected chi connectivity index (χ1v) is 7.79. The molecule has 0 spiro atoms. The lowest BCUT2D eigenvalue weighted by atomic mass is 10.3. The van der Waals surface area contributed by atoms with Gasteiger partial charge in [-0.05, 0) is 6.92 Å². The molecule has 0 unspecified atom stereocenters. The van der Waals surface area contributed by atoms with Gasteiger partial charge in [0.2, 0.25) is 5.13 Å². The van der Waals surface area contributed by atoms with Crippen LogP contribution >= 0.6 is 34.7 Å². The zero-order valence-electron chi connectivity index (χ0n) is 10.7. The molecule has 2 aromatic rings. The third-order valence-corrected chi connectivity index (χ3v) is 4.93. The summed E-state index contributed by atoms with van der Waals surface area (Å²) >= 11 is 9.32. The second-order valence-electron chi connectivity index (χ2n) is 3.81. The minimum atomic E-state index is 0.680. The first-order chi connectivity index (χ1) is 9.11. The van der Waals surface area contributed by atoms with E-state index in [1.165, 1.54) is 11.3 Å². The third-order valence-electron chi connectivity index (χ3n) is 2.41. The van der Waals surface area contributed by atoms with Crippen LogP contribution in [0.15, 0.2) is 17.0 Å². The monoisotopic (exact) mass is 315 g/mol. The van der Waals surface area contributed by atoms with Gasteiger partial charge in [-0.2, -0.15) is 5.10 Å². The van der Waals surface area contributed by atoms with Crippen LogP contribution in [0.1, 0.15) is 11.3 Å². The molecule has 0 aliphatic heterocycles. The number of aromatic nitrogens is 4. The van der Waals surface area contributed by atoms with Crippen molar-refractivity contribution < 1.29 is 0 Å². The van der Waals surface area contributed by atoms with Crippen molar-refractivity contribution in [2.75, 3.05) is 11.9 Å². The predicted octanol–water partition coefficient (Wildman–Crippen LogP) is 3.12. The summed E-state index contributed by atoms with van der Waals surface area (Å²) < 4.78 is 2.59. The van der Waals surface area contributed by atoms with Crippen molar-refractivity contribution in [3.63, 3.8) is 0 Å². The Hall–Kier alpha value is -1.05. The molecule has 0 saturated carbocycles. The molecule has 1 N–H and O–H groups in total. The van der Waals surface area contributed by atoms with Crippen LogP contribution in [-0.4, -0.2) is 26.5 Å². The number of hydrogen-bond acceptors (Lipinski definition) is 6. The first-order valence-electron chi connectivity index (χ1n) is 5.61. The molecule has 2 heterocycles. The van der Waals surface area contributed by atoms with E-state index in [1.54, 1.807) is 22.5 Å². The van der Waals surface area contributed by atoms with Gasteiger partial charge in [0.05, 0.1) is 5.69 Å². The van der Waals surface area contributed by atoms with Gasteiger partial charge < -0.3 is 5.32 Å². The summed E-state index contributed by atoms with van der Waals surface area (Å²) in [6.45, 7) is 6.29. The van der Waals surface area contributed by atoms with Crippen LogP contribution in [0.3, 0.4) is 0 Å². The highest BCUT2D eigenvalue weighted by Crippen LogP contribution is 2.31. The quantitative estimate of drug-likeness (QED) is 0.655. The average Bonchev–Trinajstić information content (AvgIpc) is 2.92. The molecule has 0 amide bonds. The van der Waals surface area contributed by atoms with Crippen molar-refractivity contribution in [1.82, 2.24) is 20.0 Å². The summed E-state index contributed by atoms with van der Waals surface area (Å²) in [6.07, 6.45) is 1.78. The summed E-state index contributed by atoms with van der Waals surface area (Å²) in [5.74, 6) is 0.745. The van der Waals surface area contributed by atoms with Crippen LogP contribution in [0.25, 0.3) is 0 Å². The standard InChI is InChI=1S/C11H14ClN5S2/c1-4-5-13-10-14-15-11(19-10)18-6-8-7(2)16-17(3)9(8)12/h4H,1,5-6H2,2-3H3,(H,13,14). The molecule has 0 aliphatic carbocycles. The smallest absolute Gasteiger partial charge is 0.206 e. The van der Waals surface area contributed by atoms with E-state index in [0.717, 1.165) is 26.5 Å². The molecule has 2 rings (SSSR count). The summed E-state index contributed by atoms with van der Waals surface area (Å²) in [5, 5.41) is 17.0. The molecule has 0 saturated heterocycles. The van der Waals surface area contributed by atoms with E-state index >= 15 is 0 Å². The van der Waals surface area contributed by atoms with Crippen molar-refractivity contribution in [2.24, 2.45) is 7.05 Å². The number of thioether (sulfide) groups is 1. The molecular formula is C11H14ClN5S2. The van der Waals surface area contributed by atoms with Gasteiger partial charge >= 0.3 is 0 Å². The number of anilines is 1. The zero-order valence-corrected chi connectivity index (χ0v) is 13.1. The van der Waals surface area contributed by atoms with Gasteiger partial charge in [-0.3, -0.25) is 4.68 Å². The van der Waals surface area contributed by atoms with Crippen molar-refractivity contribution in [3.05, 3.63) is 29.1 Å². The van der Waals surface area contributed by atoms with E-state index in [9.17, 15) is 0 Å². The Morgan fingerprint density at radius 3 is 2.95 bits per heavy atom. The van der Waals surface area contributed by atoms with E-state index in [4.69, 9.17) is 11.6 Å². The lowest BCUT2D eigenvalue weighted by molar-refractivity contribution is 0.757. The van der Waals surface area contributed by atoms with Gasteiger partial charge in [0.25, 0.3) is 0 Å². The minimum absolute atomic E-state index is 0.680. The topological polar surface area (TPSA) is 55.6 Å². The van der Waals surface area contributed by atoms with Gasteiger partial charge in [-0.1, -0.05) is 40.8 Å². The van der Waals surface area contributed by atoms with E-state index in [0.29, 0.717) is 11.7 Å². The molecule has 5 nitrogen and oxygen atoms in total. The third kappa shape index (κ3) is 3.49. The molecule has 0 aromatic carbocycles. The maximum atomic E-state index is 6.19. The van der Waals surface area contributed by atoms with Crippen LogP contribution < -0.4 is 5.32 Å². The highest BCUT2D eigenvalue weighted by Gasteiger charge is 2.13. The molecule has 2 aromatic heterocycles. The second kappa shape index (κ2) is 6.40. The normalized spacial score (nSPS) is 10.7.